The third-order valence-electron chi connectivity index (χ3n) is 3.91. The molecule has 0 aliphatic rings. The number of hydrogen-bond donors (Lipinski definition) is 1. The first-order valence-corrected chi connectivity index (χ1v) is 9.83. The molecule has 0 unspecified atom stereocenters. The zero-order valence-electron chi connectivity index (χ0n) is 15.0. The Morgan fingerprint density at radius 1 is 1.27 bits per heavy atom. The van der Waals surface area contributed by atoms with E-state index in [9.17, 15) is 13.2 Å². The van der Waals surface area contributed by atoms with E-state index in [1.165, 1.54) is 17.5 Å². The predicted molar refractivity (Wildman–Crippen MR) is 97.1 cm³/mol. The van der Waals surface area contributed by atoms with Crippen molar-refractivity contribution in [2.24, 2.45) is 5.73 Å². The van der Waals surface area contributed by atoms with Crippen LogP contribution in [0.25, 0.3) is 0 Å². The van der Waals surface area contributed by atoms with Crippen LogP contribution in [0.15, 0.2) is 45.7 Å². The number of carbonyl (C=O) groups is 1. The molecule has 7 nitrogen and oxygen atoms in total. The van der Waals surface area contributed by atoms with Crippen LogP contribution in [0.3, 0.4) is 0 Å². The van der Waals surface area contributed by atoms with E-state index in [2.05, 4.69) is 4.74 Å². The van der Waals surface area contributed by atoms with Gasteiger partial charge in [0.15, 0.2) is 0 Å². The maximum Gasteiger partial charge on any atom is 0.373 e. The maximum atomic E-state index is 13.2. The summed E-state index contributed by atoms with van der Waals surface area (Å²) in [5.41, 5.74) is 6.43. The summed E-state index contributed by atoms with van der Waals surface area (Å²) in [5.74, 6) is -0.602. The number of ether oxygens (including phenoxy) is 1. The molecule has 0 saturated carbocycles. The van der Waals surface area contributed by atoms with E-state index < -0.39 is 16.0 Å². The maximum absolute atomic E-state index is 13.2. The number of carbonyl (C=O) groups excluding carboxylic acids is 1. The van der Waals surface area contributed by atoms with Gasteiger partial charge in [0.2, 0.25) is 15.8 Å². The van der Waals surface area contributed by atoms with Crippen molar-refractivity contribution >= 4 is 16.0 Å². The zero-order valence-corrected chi connectivity index (χ0v) is 15.8. The lowest BCUT2D eigenvalue weighted by molar-refractivity contribution is 0.0563. The lowest BCUT2D eigenvalue weighted by Gasteiger charge is -2.22. The van der Waals surface area contributed by atoms with Gasteiger partial charge < -0.3 is 14.9 Å². The van der Waals surface area contributed by atoms with Gasteiger partial charge in [0, 0.05) is 25.6 Å². The molecule has 0 saturated heterocycles. The summed E-state index contributed by atoms with van der Waals surface area (Å²) in [7, 11) is -2.64. The summed E-state index contributed by atoms with van der Waals surface area (Å²) in [4.78, 5) is 11.7. The minimum atomic E-state index is -3.86. The average Bonchev–Trinajstić information content (AvgIpc) is 3.10. The first kappa shape index (κ1) is 20.2. The number of rotatable bonds is 9. The number of esters is 1. The number of nitrogens with two attached hydrogens (primary N) is 1. The highest BCUT2D eigenvalue weighted by atomic mass is 32.2. The van der Waals surface area contributed by atoms with Crippen LogP contribution in [0.1, 0.15) is 35.2 Å². The number of furan rings is 1. The van der Waals surface area contributed by atoms with E-state index in [-0.39, 0.29) is 29.5 Å². The lowest BCUT2D eigenvalue weighted by Crippen LogP contribution is -2.33. The molecule has 0 aliphatic carbocycles. The van der Waals surface area contributed by atoms with Crippen molar-refractivity contribution < 1.29 is 22.4 Å². The van der Waals surface area contributed by atoms with Crippen LogP contribution in [0.2, 0.25) is 0 Å². The van der Waals surface area contributed by atoms with Gasteiger partial charge in [-0.1, -0.05) is 37.3 Å². The fourth-order valence-electron chi connectivity index (χ4n) is 2.56. The second-order valence-electron chi connectivity index (χ2n) is 5.71. The van der Waals surface area contributed by atoms with Crippen molar-refractivity contribution in [1.82, 2.24) is 4.31 Å². The summed E-state index contributed by atoms with van der Waals surface area (Å²) >= 11 is 0. The molecule has 0 radical (unpaired) electrons. The highest BCUT2D eigenvalue weighted by Crippen LogP contribution is 2.26. The quantitative estimate of drug-likeness (QED) is 0.669. The van der Waals surface area contributed by atoms with Crippen LogP contribution in [0.4, 0.5) is 0 Å². The van der Waals surface area contributed by atoms with Crippen LogP contribution in [0, 0.1) is 0 Å². The first-order valence-electron chi connectivity index (χ1n) is 8.39. The van der Waals surface area contributed by atoms with Gasteiger partial charge in [0.1, 0.15) is 10.7 Å². The van der Waals surface area contributed by atoms with Crippen molar-refractivity contribution in [2.75, 3.05) is 20.2 Å². The number of methoxy groups -OCH3 is 1. The molecule has 26 heavy (non-hydrogen) atoms. The van der Waals surface area contributed by atoms with Gasteiger partial charge >= 0.3 is 5.97 Å². The molecule has 0 bridgehead atoms. The number of benzene rings is 1. The number of hydrogen-bond acceptors (Lipinski definition) is 6. The Labute approximate surface area is 153 Å². The van der Waals surface area contributed by atoms with E-state index in [1.54, 1.807) is 6.92 Å². The highest BCUT2D eigenvalue weighted by molar-refractivity contribution is 7.89. The molecule has 142 valence electrons. The van der Waals surface area contributed by atoms with E-state index in [0.717, 1.165) is 5.56 Å². The molecule has 0 spiro atoms. The van der Waals surface area contributed by atoms with Gasteiger partial charge in [-0.2, -0.15) is 4.31 Å². The molecule has 2 rings (SSSR count). The first-order chi connectivity index (χ1) is 12.4. The Kier molecular flexibility index (Phi) is 6.96. The second kappa shape index (κ2) is 8.98. The van der Waals surface area contributed by atoms with E-state index in [4.69, 9.17) is 10.2 Å². The van der Waals surface area contributed by atoms with Gasteiger partial charge in [-0.15, -0.1) is 0 Å². The molecule has 0 atom stereocenters. The van der Waals surface area contributed by atoms with Crippen LogP contribution >= 0.6 is 0 Å². The minimum Gasteiger partial charge on any atom is -0.463 e. The molecule has 0 fully saturated rings. The van der Waals surface area contributed by atoms with Crippen LogP contribution in [0.5, 0.6) is 0 Å². The summed E-state index contributed by atoms with van der Waals surface area (Å²) < 4.78 is 37.8. The monoisotopic (exact) mass is 380 g/mol. The average molecular weight is 380 g/mol. The van der Waals surface area contributed by atoms with Crippen molar-refractivity contribution in [2.45, 2.75) is 31.2 Å². The van der Waals surface area contributed by atoms with Gasteiger partial charge in [0.25, 0.3) is 0 Å². The van der Waals surface area contributed by atoms with Gasteiger partial charge in [-0.05, 0) is 18.5 Å². The SMILES string of the molecule is CCc1oc(C(=O)OC)cc1S(=O)(=O)N(CCCN)Cc1ccccc1. The predicted octanol–water partition coefficient (Wildman–Crippen LogP) is 2.17. The molecule has 2 aromatic rings. The molecule has 0 aliphatic heterocycles. The zero-order chi connectivity index (χ0) is 19.2. The van der Waals surface area contributed by atoms with Gasteiger partial charge in [0.05, 0.1) is 7.11 Å². The molecule has 1 heterocycles. The van der Waals surface area contributed by atoms with E-state index in [1.807, 2.05) is 30.3 Å². The van der Waals surface area contributed by atoms with Crippen molar-refractivity contribution in [3.05, 3.63) is 53.5 Å². The third-order valence-corrected chi connectivity index (χ3v) is 5.80. The minimum absolute atomic E-state index is 0.00616. The van der Waals surface area contributed by atoms with Crippen molar-refractivity contribution in [3.63, 3.8) is 0 Å². The number of aryl methyl sites for hydroxylation is 1. The molecule has 1 aromatic heterocycles. The largest absolute Gasteiger partial charge is 0.463 e. The summed E-state index contributed by atoms with van der Waals surface area (Å²) in [6.07, 6.45) is 0.858. The van der Waals surface area contributed by atoms with Gasteiger partial charge in [-0.3, -0.25) is 0 Å². The molecule has 8 heteroatoms. The van der Waals surface area contributed by atoms with Crippen molar-refractivity contribution in [1.29, 1.82) is 0 Å². The van der Waals surface area contributed by atoms with Crippen LogP contribution < -0.4 is 5.73 Å². The number of nitrogens with zero attached hydrogens (tertiary/aromatic N) is 1. The fraction of sp³-hybridized carbons (Fsp3) is 0.389. The van der Waals surface area contributed by atoms with Crippen LogP contribution in [-0.4, -0.2) is 38.9 Å². The lowest BCUT2D eigenvalue weighted by atomic mass is 10.2. The molecular formula is C18H24N2O5S. The van der Waals surface area contributed by atoms with E-state index >= 15 is 0 Å². The third kappa shape index (κ3) is 4.51. The summed E-state index contributed by atoms with van der Waals surface area (Å²) in [5, 5.41) is 0. The Morgan fingerprint density at radius 2 is 1.96 bits per heavy atom. The standard InChI is InChI=1S/C18H24N2O5S/c1-3-15-17(12-16(25-15)18(21)24-2)26(22,23)20(11-7-10-19)13-14-8-5-4-6-9-14/h4-6,8-9,12H,3,7,10-11,13,19H2,1-2H3. The normalized spacial score (nSPS) is 11.7. The molecular weight excluding hydrogens is 356 g/mol. The Bertz CT molecular complexity index is 831. The van der Waals surface area contributed by atoms with Crippen LogP contribution in [-0.2, 0) is 27.7 Å². The summed E-state index contributed by atoms with van der Waals surface area (Å²) in [6.45, 7) is 2.63. The van der Waals surface area contributed by atoms with Crippen molar-refractivity contribution in [3.8, 4) is 0 Å². The Morgan fingerprint density at radius 3 is 2.54 bits per heavy atom. The van der Waals surface area contributed by atoms with Gasteiger partial charge in [-0.25, -0.2) is 13.2 Å². The molecule has 1 aromatic carbocycles. The second-order valence-corrected chi connectivity index (χ2v) is 7.62. The molecule has 2 N–H and O–H groups in total. The molecule has 0 amide bonds. The smallest absolute Gasteiger partial charge is 0.373 e. The Hall–Kier alpha value is -2.16. The highest BCUT2D eigenvalue weighted by Gasteiger charge is 2.31. The Balaban J connectivity index is 2.42. The summed E-state index contributed by atoms with van der Waals surface area (Å²) in [6, 6.07) is 10.5. The number of sulfonamides is 1. The van der Waals surface area contributed by atoms with E-state index in [0.29, 0.717) is 19.4 Å². The topological polar surface area (TPSA) is 103 Å². The fourth-order valence-corrected chi connectivity index (χ4v) is 4.25.